The van der Waals surface area contributed by atoms with E-state index >= 15 is 0 Å². The molecule has 0 N–H and O–H groups in total. The molecule has 1 nitrogen and oxygen atoms in total. The highest BCUT2D eigenvalue weighted by Crippen LogP contribution is 2.47. The van der Waals surface area contributed by atoms with E-state index in [0.717, 1.165) is 11.8 Å². The molecule has 0 saturated heterocycles. The molecule has 0 radical (unpaired) electrons. The van der Waals surface area contributed by atoms with Crippen LogP contribution in [-0.2, 0) is 0 Å². The third-order valence-corrected chi connectivity index (χ3v) is 3.16. The van der Waals surface area contributed by atoms with Gasteiger partial charge in [-0.15, -0.1) is 11.3 Å². The summed E-state index contributed by atoms with van der Waals surface area (Å²) in [5, 5.41) is 3.49. The lowest BCUT2D eigenvalue weighted by molar-refractivity contribution is 0.901. The second kappa shape index (κ2) is 2.06. The summed E-state index contributed by atoms with van der Waals surface area (Å²) in [4.78, 5) is 4.44. The Bertz CT molecular complexity index is 241. The van der Waals surface area contributed by atoms with Crippen LogP contribution in [0.5, 0.6) is 0 Å². The Labute approximate surface area is 65.1 Å². The van der Waals surface area contributed by atoms with Crippen molar-refractivity contribution in [3.8, 4) is 0 Å². The summed E-state index contributed by atoms with van der Waals surface area (Å²) in [6.45, 7) is 4.36. The fraction of sp³-hybridized carbons (Fsp3) is 0.625. The molecule has 2 unspecified atom stereocenters. The standard InChI is InChI=1S/C8H11NS/c1-5-3-7(5)8-9-6(2)4-10-8/h4-5,7H,3H2,1-2H3. The zero-order valence-electron chi connectivity index (χ0n) is 6.29. The van der Waals surface area contributed by atoms with Crippen molar-refractivity contribution in [2.24, 2.45) is 5.92 Å². The van der Waals surface area contributed by atoms with E-state index in [9.17, 15) is 0 Å². The van der Waals surface area contributed by atoms with Crippen molar-refractivity contribution in [1.29, 1.82) is 0 Å². The first-order valence-corrected chi connectivity index (χ1v) is 4.57. The molecule has 1 aliphatic rings. The van der Waals surface area contributed by atoms with Crippen LogP contribution in [0.25, 0.3) is 0 Å². The first kappa shape index (κ1) is 6.35. The van der Waals surface area contributed by atoms with Crippen LogP contribution in [0.2, 0.25) is 0 Å². The number of nitrogens with zero attached hydrogens (tertiary/aromatic N) is 1. The van der Waals surface area contributed by atoms with Crippen LogP contribution in [0.15, 0.2) is 5.38 Å². The number of aromatic nitrogens is 1. The van der Waals surface area contributed by atoms with Crippen molar-refractivity contribution in [3.05, 3.63) is 16.1 Å². The second-order valence-electron chi connectivity index (χ2n) is 3.15. The lowest BCUT2D eigenvalue weighted by Crippen LogP contribution is -1.78. The van der Waals surface area contributed by atoms with Crippen molar-refractivity contribution >= 4 is 11.3 Å². The minimum atomic E-state index is 0.804. The number of rotatable bonds is 1. The van der Waals surface area contributed by atoms with Gasteiger partial charge in [-0.2, -0.15) is 0 Å². The maximum atomic E-state index is 4.44. The fourth-order valence-corrected chi connectivity index (χ4v) is 2.25. The van der Waals surface area contributed by atoms with Gasteiger partial charge in [-0.05, 0) is 19.3 Å². The van der Waals surface area contributed by atoms with E-state index in [1.165, 1.54) is 17.1 Å². The van der Waals surface area contributed by atoms with E-state index < -0.39 is 0 Å². The summed E-state index contributed by atoms with van der Waals surface area (Å²) in [5.74, 6) is 1.70. The van der Waals surface area contributed by atoms with Crippen LogP contribution in [0.4, 0.5) is 0 Å². The molecule has 1 aromatic rings. The molecule has 1 aromatic heterocycles. The Hall–Kier alpha value is -0.370. The van der Waals surface area contributed by atoms with Gasteiger partial charge in [-0.25, -0.2) is 4.98 Å². The van der Waals surface area contributed by atoms with Gasteiger partial charge in [0.15, 0.2) is 0 Å². The predicted molar refractivity (Wildman–Crippen MR) is 43.4 cm³/mol. The number of hydrogen-bond acceptors (Lipinski definition) is 2. The Kier molecular flexibility index (Phi) is 1.31. The van der Waals surface area contributed by atoms with Gasteiger partial charge >= 0.3 is 0 Å². The molecule has 1 heterocycles. The second-order valence-corrected chi connectivity index (χ2v) is 4.04. The minimum Gasteiger partial charge on any atom is -0.246 e. The molecule has 2 atom stereocenters. The molecule has 1 saturated carbocycles. The van der Waals surface area contributed by atoms with E-state index in [2.05, 4.69) is 24.2 Å². The third kappa shape index (κ3) is 0.966. The fourth-order valence-electron chi connectivity index (χ4n) is 1.21. The molecule has 10 heavy (non-hydrogen) atoms. The molecule has 1 fully saturated rings. The van der Waals surface area contributed by atoms with E-state index in [4.69, 9.17) is 0 Å². The number of aryl methyl sites for hydroxylation is 1. The summed E-state index contributed by atoms with van der Waals surface area (Å²) < 4.78 is 0. The van der Waals surface area contributed by atoms with E-state index in [-0.39, 0.29) is 0 Å². The van der Waals surface area contributed by atoms with Gasteiger partial charge in [0.05, 0.1) is 5.01 Å². The maximum absolute atomic E-state index is 4.44. The van der Waals surface area contributed by atoms with Crippen LogP contribution in [-0.4, -0.2) is 4.98 Å². The van der Waals surface area contributed by atoms with Crippen LogP contribution in [0, 0.1) is 12.8 Å². The van der Waals surface area contributed by atoms with Gasteiger partial charge in [0, 0.05) is 17.0 Å². The minimum absolute atomic E-state index is 0.804. The summed E-state index contributed by atoms with van der Waals surface area (Å²) in [5.41, 5.74) is 1.18. The lowest BCUT2D eigenvalue weighted by Gasteiger charge is -1.85. The third-order valence-electron chi connectivity index (χ3n) is 2.06. The normalized spacial score (nSPS) is 30.6. The van der Waals surface area contributed by atoms with Gasteiger partial charge in [-0.3, -0.25) is 0 Å². The summed E-state index contributed by atoms with van der Waals surface area (Å²) >= 11 is 1.81. The molecular formula is C8H11NS. The highest BCUT2D eigenvalue weighted by Gasteiger charge is 2.36. The molecule has 0 aliphatic heterocycles. The Morgan fingerprint density at radius 2 is 2.40 bits per heavy atom. The zero-order chi connectivity index (χ0) is 7.14. The SMILES string of the molecule is Cc1csc(C2CC2C)n1. The molecule has 0 bridgehead atoms. The largest absolute Gasteiger partial charge is 0.246 e. The number of thiazole rings is 1. The lowest BCUT2D eigenvalue weighted by atomic mass is 10.3. The summed E-state index contributed by atoms with van der Waals surface area (Å²) in [6, 6.07) is 0. The zero-order valence-corrected chi connectivity index (χ0v) is 7.11. The molecule has 0 amide bonds. The summed E-state index contributed by atoms with van der Waals surface area (Å²) in [6.07, 6.45) is 1.35. The average Bonchev–Trinajstić information content (AvgIpc) is 2.42. The molecule has 2 heteroatoms. The molecule has 0 aromatic carbocycles. The summed E-state index contributed by atoms with van der Waals surface area (Å²) in [7, 11) is 0. The average molecular weight is 153 g/mol. The molecule has 54 valence electrons. The van der Waals surface area contributed by atoms with Crippen LogP contribution in [0.3, 0.4) is 0 Å². The highest BCUT2D eigenvalue weighted by molar-refractivity contribution is 7.09. The Morgan fingerprint density at radius 3 is 2.80 bits per heavy atom. The molecule has 1 aliphatic carbocycles. The van der Waals surface area contributed by atoms with Crippen LogP contribution in [0.1, 0.15) is 30.0 Å². The van der Waals surface area contributed by atoms with Crippen LogP contribution >= 0.6 is 11.3 Å². The van der Waals surface area contributed by atoms with Crippen molar-refractivity contribution in [3.63, 3.8) is 0 Å². The highest BCUT2D eigenvalue weighted by atomic mass is 32.1. The first-order valence-electron chi connectivity index (χ1n) is 3.69. The van der Waals surface area contributed by atoms with Crippen LogP contribution < -0.4 is 0 Å². The van der Waals surface area contributed by atoms with Gasteiger partial charge < -0.3 is 0 Å². The van der Waals surface area contributed by atoms with Crippen molar-refractivity contribution in [1.82, 2.24) is 4.98 Å². The van der Waals surface area contributed by atoms with Gasteiger partial charge in [0.25, 0.3) is 0 Å². The molecular weight excluding hydrogens is 142 g/mol. The number of hydrogen-bond donors (Lipinski definition) is 0. The van der Waals surface area contributed by atoms with Gasteiger partial charge in [0.1, 0.15) is 0 Å². The predicted octanol–water partition coefficient (Wildman–Crippen LogP) is 2.57. The molecule has 2 rings (SSSR count). The van der Waals surface area contributed by atoms with Crippen molar-refractivity contribution in [2.45, 2.75) is 26.2 Å². The maximum Gasteiger partial charge on any atom is 0.0961 e. The smallest absolute Gasteiger partial charge is 0.0961 e. The quantitative estimate of drug-likeness (QED) is 0.604. The van der Waals surface area contributed by atoms with E-state index in [1.54, 1.807) is 0 Å². The first-order chi connectivity index (χ1) is 4.77. The van der Waals surface area contributed by atoms with E-state index in [1.807, 2.05) is 11.3 Å². The molecule has 0 spiro atoms. The Morgan fingerprint density at radius 1 is 1.70 bits per heavy atom. The topological polar surface area (TPSA) is 12.9 Å². The van der Waals surface area contributed by atoms with Crippen molar-refractivity contribution < 1.29 is 0 Å². The van der Waals surface area contributed by atoms with Gasteiger partial charge in [-0.1, -0.05) is 6.92 Å². The monoisotopic (exact) mass is 153 g/mol. The van der Waals surface area contributed by atoms with E-state index in [0.29, 0.717) is 0 Å². The van der Waals surface area contributed by atoms with Crippen molar-refractivity contribution in [2.75, 3.05) is 0 Å². The van der Waals surface area contributed by atoms with Gasteiger partial charge in [0.2, 0.25) is 0 Å². The Balaban J connectivity index is 2.20.